The van der Waals surface area contributed by atoms with E-state index in [0.29, 0.717) is 17.0 Å². The Hall–Kier alpha value is -2.06. The van der Waals surface area contributed by atoms with Gasteiger partial charge in [0, 0.05) is 0 Å². The molecule has 0 amide bonds. The lowest BCUT2D eigenvalue weighted by molar-refractivity contribution is 0.0701. The zero-order valence-electron chi connectivity index (χ0n) is 12.9. The van der Waals surface area contributed by atoms with Gasteiger partial charge in [0.25, 0.3) is 10.0 Å². The molecule has 124 valence electrons. The van der Waals surface area contributed by atoms with E-state index in [1.54, 1.807) is 31.2 Å². The number of aryl methyl sites for hydroxylation is 1. The highest BCUT2D eigenvalue weighted by molar-refractivity contribution is 7.94. The van der Waals surface area contributed by atoms with Crippen LogP contribution in [0, 0.1) is 6.92 Å². The van der Waals surface area contributed by atoms with Gasteiger partial charge in [-0.25, -0.2) is 13.2 Å². The molecule has 0 aliphatic carbocycles. The van der Waals surface area contributed by atoms with Gasteiger partial charge in [0.15, 0.2) is 0 Å². The van der Waals surface area contributed by atoms with Crippen LogP contribution in [0.25, 0.3) is 0 Å². The number of carbonyl (C=O) groups is 1. The third kappa shape index (κ3) is 4.02. The molecule has 0 saturated heterocycles. The molecule has 1 heterocycles. The van der Waals surface area contributed by atoms with Crippen molar-refractivity contribution in [2.45, 2.75) is 31.1 Å². The number of sulfonamides is 1. The van der Waals surface area contributed by atoms with E-state index in [1.807, 2.05) is 13.8 Å². The third-order valence-corrected chi connectivity index (χ3v) is 5.91. The van der Waals surface area contributed by atoms with Gasteiger partial charge < -0.3 is 9.84 Å². The Morgan fingerprint density at radius 2 is 1.96 bits per heavy atom. The van der Waals surface area contributed by atoms with Crippen molar-refractivity contribution >= 4 is 33.0 Å². The second-order valence-corrected chi connectivity index (χ2v) is 8.11. The van der Waals surface area contributed by atoms with E-state index in [4.69, 9.17) is 9.84 Å². The molecule has 0 bridgehead atoms. The van der Waals surface area contributed by atoms with Crippen molar-refractivity contribution in [2.24, 2.45) is 0 Å². The van der Waals surface area contributed by atoms with E-state index in [2.05, 4.69) is 4.72 Å². The average Bonchev–Trinajstić information content (AvgIpc) is 2.83. The Bertz CT molecular complexity index is 824. The molecule has 0 fully saturated rings. The SMILES string of the molecule is Cc1cc(S(=O)(=O)Nc2ccccc2OC(C)C)sc1C(=O)O. The van der Waals surface area contributed by atoms with E-state index in [-0.39, 0.29) is 15.2 Å². The molecule has 0 aliphatic rings. The number of rotatable bonds is 6. The lowest BCUT2D eigenvalue weighted by Gasteiger charge is -2.15. The van der Waals surface area contributed by atoms with Gasteiger partial charge in [-0.3, -0.25) is 4.72 Å². The second kappa shape index (κ2) is 6.59. The molecule has 23 heavy (non-hydrogen) atoms. The molecular formula is C15H17NO5S2. The second-order valence-electron chi connectivity index (χ2n) is 5.15. The van der Waals surface area contributed by atoms with E-state index in [9.17, 15) is 13.2 Å². The van der Waals surface area contributed by atoms with Gasteiger partial charge in [0.1, 0.15) is 14.8 Å². The van der Waals surface area contributed by atoms with Crippen molar-refractivity contribution in [3.63, 3.8) is 0 Å². The van der Waals surface area contributed by atoms with Crippen LogP contribution in [0.3, 0.4) is 0 Å². The Morgan fingerprint density at radius 1 is 1.30 bits per heavy atom. The first-order valence-electron chi connectivity index (χ1n) is 6.83. The summed E-state index contributed by atoms with van der Waals surface area (Å²) in [5, 5.41) is 9.05. The number of ether oxygens (including phenoxy) is 1. The molecule has 0 spiro atoms. The van der Waals surface area contributed by atoms with Gasteiger partial charge in [-0.05, 0) is 44.5 Å². The van der Waals surface area contributed by atoms with Gasteiger partial charge in [-0.15, -0.1) is 11.3 Å². The minimum Gasteiger partial charge on any atom is -0.489 e. The number of hydrogen-bond acceptors (Lipinski definition) is 5. The molecule has 6 nitrogen and oxygen atoms in total. The highest BCUT2D eigenvalue weighted by atomic mass is 32.2. The molecule has 8 heteroatoms. The normalized spacial score (nSPS) is 11.5. The average molecular weight is 355 g/mol. The summed E-state index contributed by atoms with van der Waals surface area (Å²) in [5.41, 5.74) is 0.721. The van der Waals surface area contributed by atoms with Crippen molar-refractivity contribution < 1.29 is 23.1 Å². The number of thiophene rings is 1. The van der Waals surface area contributed by atoms with Crippen LogP contribution < -0.4 is 9.46 Å². The maximum atomic E-state index is 12.5. The molecule has 2 rings (SSSR count). The summed E-state index contributed by atoms with van der Waals surface area (Å²) in [6.45, 7) is 5.24. The minimum absolute atomic E-state index is 0.0112. The molecule has 1 aromatic carbocycles. The zero-order chi connectivity index (χ0) is 17.2. The van der Waals surface area contributed by atoms with E-state index >= 15 is 0 Å². The quantitative estimate of drug-likeness (QED) is 0.829. The fourth-order valence-corrected chi connectivity index (χ4v) is 4.35. The molecule has 0 unspecified atom stereocenters. The number of anilines is 1. The lowest BCUT2D eigenvalue weighted by Crippen LogP contribution is -2.14. The number of para-hydroxylation sites is 2. The molecule has 0 aliphatic heterocycles. The van der Waals surface area contributed by atoms with E-state index in [0.717, 1.165) is 11.3 Å². The van der Waals surface area contributed by atoms with Gasteiger partial charge >= 0.3 is 5.97 Å². The number of aromatic carboxylic acids is 1. The third-order valence-electron chi connectivity index (χ3n) is 2.85. The van der Waals surface area contributed by atoms with Crippen molar-refractivity contribution in [3.8, 4) is 5.75 Å². The van der Waals surface area contributed by atoms with Gasteiger partial charge in [-0.2, -0.15) is 0 Å². The lowest BCUT2D eigenvalue weighted by atomic mass is 10.3. The summed E-state index contributed by atoms with van der Waals surface area (Å²) in [6.07, 6.45) is -0.108. The Morgan fingerprint density at radius 3 is 2.52 bits per heavy atom. The van der Waals surface area contributed by atoms with Crippen molar-refractivity contribution in [2.75, 3.05) is 4.72 Å². The van der Waals surface area contributed by atoms with Crippen LogP contribution in [0.2, 0.25) is 0 Å². The predicted molar refractivity (Wildman–Crippen MR) is 89.0 cm³/mol. The first-order valence-corrected chi connectivity index (χ1v) is 9.13. The topological polar surface area (TPSA) is 92.7 Å². The molecule has 0 radical (unpaired) electrons. The van der Waals surface area contributed by atoms with Crippen LogP contribution in [0.15, 0.2) is 34.5 Å². The standard InChI is InChI=1S/C15H17NO5S2/c1-9(2)21-12-7-5-4-6-11(12)16-23(19,20)13-8-10(3)14(22-13)15(17)18/h4-9,16H,1-3H3,(H,17,18). The number of carboxylic acid groups (broad SMARTS) is 1. The van der Waals surface area contributed by atoms with E-state index < -0.39 is 16.0 Å². The minimum atomic E-state index is -3.88. The highest BCUT2D eigenvalue weighted by Gasteiger charge is 2.23. The fourth-order valence-electron chi connectivity index (χ4n) is 1.90. The predicted octanol–water partition coefficient (Wildman–Crippen LogP) is 3.34. The Balaban J connectivity index is 2.36. The van der Waals surface area contributed by atoms with Gasteiger partial charge in [-0.1, -0.05) is 12.1 Å². The number of benzene rings is 1. The van der Waals surface area contributed by atoms with Gasteiger partial charge in [0.05, 0.1) is 11.8 Å². The highest BCUT2D eigenvalue weighted by Crippen LogP contribution is 2.31. The van der Waals surface area contributed by atoms with Crippen molar-refractivity contribution in [3.05, 3.63) is 40.8 Å². The molecule has 0 atom stereocenters. The van der Waals surface area contributed by atoms with Crippen LogP contribution >= 0.6 is 11.3 Å². The monoisotopic (exact) mass is 355 g/mol. The van der Waals surface area contributed by atoms with Crippen LogP contribution in [0.4, 0.5) is 5.69 Å². The first-order chi connectivity index (χ1) is 10.7. The maximum Gasteiger partial charge on any atom is 0.346 e. The smallest absolute Gasteiger partial charge is 0.346 e. The van der Waals surface area contributed by atoms with Crippen LogP contribution in [-0.2, 0) is 10.0 Å². The first kappa shape index (κ1) is 17.3. The maximum absolute atomic E-state index is 12.5. The number of hydrogen-bond donors (Lipinski definition) is 2. The molecule has 2 N–H and O–H groups in total. The summed E-state index contributed by atoms with van der Waals surface area (Å²) in [7, 11) is -3.88. The van der Waals surface area contributed by atoms with Crippen LogP contribution in [-0.4, -0.2) is 25.6 Å². The van der Waals surface area contributed by atoms with Crippen LogP contribution in [0.1, 0.15) is 29.1 Å². The Kier molecular flexibility index (Phi) is 4.96. The Labute approximate surface area is 138 Å². The zero-order valence-corrected chi connectivity index (χ0v) is 14.5. The summed E-state index contributed by atoms with van der Waals surface area (Å²) in [4.78, 5) is 11.1. The number of carboxylic acids is 1. The summed E-state index contributed by atoms with van der Waals surface area (Å²) < 4.78 is 32.9. The number of nitrogens with one attached hydrogen (secondary N) is 1. The molecule has 1 aromatic heterocycles. The summed E-state index contributed by atoms with van der Waals surface area (Å²) >= 11 is 0.723. The van der Waals surface area contributed by atoms with Crippen molar-refractivity contribution in [1.82, 2.24) is 0 Å². The van der Waals surface area contributed by atoms with Gasteiger partial charge in [0.2, 0.25) is 0 Å². The molecule has 0 saturated carbocycles. The van der Waals surface area contributed by atoms with E-state index in [1.165, 1.54) is 6.07 Å². The summed E-state index contributed by atoms with van der Waals surface area (Å²) in [6, 6.07) is 8.04. The van der Waals surface area contributed by atoms with Crippen molar-refractivity contribution in [1.29, 1.82) is 0 Å². The molecular weight excluding hydrogens is 338 g/mol. The summed E-state index contributed by atoms with van der Waals surface area (Å²) in [5.74, 6) is -0.727. The largest absolute Gasteiger partial charge is 0.489 e. The fraction of sp³-hybridized carbons (Fsp3) is 0.267. The molecule has 2 aromatic rings. The van der Waals surface area contributed by atoms with Crippen LogP contribution in [0.5, 0.6) is 5.75 Å².